The number of hydrogen-bond donors (Lipinski definition) is 1. The van der Waals surface area contributed by atoms with E-state index in [1.165, 1.54) is 6.07 Å². The van der Waals surface area contributed by atoms with Gasteiger partial charge in [-0.25, -0.2) is 4.39 Å². The number of rotatable bonds is 4. The lowest BCUT2D eigenvalue weighted by Gasteiger charge is -2.15. The zero-order chi connectivity index (χ0) is 14.7. The van der Waals surface area contributed by atoms with E-state index in [0.29, 0.717) is 20.6 Å². The van der Waals surface area contributed by atoms with Crippen LogP contribution in [0.3, 0.4) is 0 Å². The van der Waals surface area contributed by atoms with Crippen molar-refractivity contribution < 1.29 is 14.3 Å². The van der Waals surface area contributed by atoms with Gasteiger partial charge in [-0.2, -0.15) is 0 Å². The fourth-order valence-corrected chi connectivity index (χ4v) is 2.71. The van der Waals surface area contributed by atoms with Crippen molar-refractivity contribution >= 4 is 33.5 Å². The molecule has 2 nitrogen and oxygen atoms in total. The van der Waals surface area contributed by atoms with E-state index in [-0.39, 0.29) is 6.42 Å². The molecule has 0 amide bonds. The molecule has 1 unspecified atom stereocenters. The van der Waals surface area contributed by atoms with Gasteiger partial charge in [0.15, 0.2) is 0 Å². The first-order valence-corrected chi connectivity index (χ1v) is 7.08. The first-order chi connectivity index (χ1) is 9.50. The van der Waals surface area contributed by atoms with Gasteiger partial charge in [0.1, 0.15) is 5.82 Å². The van der Waals surface area contributed by atoms with Gasteiger partial charge in [0.25, 0.3) is 0 Å². The number of carboxylic acids is 1. The highest BCUT2D eigenvalue weighted by atomic mass is 79.9. The summed E-state index contributed by atoms with van der Waals surface area (Å²) in [5.41, 5.74) is 1.12. The summed E-state index contributed by atoms with van der Waals surface area (Å²) in [4.78, 5) is 11.5. The van der Waals surface area contributed by atoms with Gasteiger partial charge in [-0.1, -0.05) is 41.9 Å². The second kappa shape index (κ2) is 6.37. The zero-order valence-electron chi connectivity index (χ0n) is 10.3. The third-order valence-corrected chi connectivity index (χ3v) is 4.27. The van der Waals surface area contributed by atoms with Crippen LogP contribution in [0, 0.1) is 5.82 Å². The fraction of sp³-hybridized carbons (Fsp3) is 0.133. The molecular formula is C15H11BrClFO2. The molecule has 2 aromatic carbocycles. The topological polar surface area (TPSA) is 37.3 Å². The van der Waals surface area contributed by atoms with Crippen molar-refractivity contribution in [1.82, 2.24) is 0 Å². The highest BCUT2D eigenvalue weighted by Gasteiger charge is 2.23. The maximum atomic E-state index is 13.5. The maximum Gasteiger partial charge on any atom is 0.311 e. The van der Waals surface area contributed by atoms with E-state index in [0.717, 1.165) is 0 Å². The summed E-state index contributed by atoms with van der Waals surface area (Å²) in [6, 6.07) is 11.4. The lowest BCUT2D eigenvalue weighted by molar-refractivity contribution is -0.138. The maximum absolute atomic E-state index is 13.5. The van der Waals surface area contributed by atoms with E-state index in [2.05, 4.69) is 15.9 Å². The molecule has 1 N–H and O–H groups in total. The van der Waals surface area contributed by atoms with Crippen LogP contribution < -0.4 is 0 Å². The summed E-state index contributed by atoms with van der Waals surface area (Å²) >= 11 is 9.20. The summed E-state index contributed by atoms with van der Waals surface area (Å²) in [5, 5.41) is 9.80. The SMILES string of the molecule is O=C(O)C(Cc1cccc(F)c1Br)c1ccccc1Cl. The Kier molecular flexibility index (Phi) is 4.78. The van der Waals surface area contributed by atoms with Crippen LogP contribution in [0.1, 0.15) is 17.0 Å². The Hall–Kier alpha value is -1.39. The quantitative estimate of drug-likeness (QED) is 0.864. The van der Waals surface area contributed by atoms with Crippen molar-refractivity contribution in [1.29, 1.82) is 0 Å². The molecule has 0 bridgehead atoms. The van der Waals surface area contributed by atoms with Crippen molar-refractivity contribution in [2.45, 2.75) is 12.3 Å². The van der Waals surface area contributed by atoms with Gasteiger partial charge < -0.3 is 5.11 Å². The smallest absolute Gasteiger partial charge is 0.311 e. The van der Waals surface area contributed by atoms with Gasteiger partial charge in [-0.05, 0) is 45.6 Å². The molecule has 0 aliphatic rings. The summed E-state index contributed by atoms with van der Waals surface area (Å²) < 4.78 is 13.8. The molecule has 0 aromatic heterocycles. The predicted octanol–water partition coefficient (Wildman–Crippen LogP) is 4.65. The average Bonchev–Trinajstić information content (AvgIpc) is 2.41. The minimum absolute atomic E-state index is 0.164. The van der Waals surface area contributed by atoms with Gasteiger partial charge in [-0.15, -0.1) is 0 Å². The molecule has 0 radical (unpaired) electrons. The van der Waals surface area contributed by atoms with Crippen molar-refractivity contribution in [2.24, 2.45) is 0 Å². The van der Waals surface area contributed by atoms with Gasteiger partial charge >= 0.3 is 5.97 Å². The summed E-state index contributed by atoms with van der Waals surface area (Å²) in [5.74, 6) is -2.22. The molecule has 0 aliphatic heterocycles. The number of hydrogen-bond acceptors (Lipinski definition) is 1. The van der Waals surface area contributed by atoms with Crippen LogP contribution in [0.2, 0.25) is 5.02 Å². The lowest BCUT2D eigenvalue weighted by Crippen LogP contribution is -2.15. The van der Waals surface area contributed by atoms with Crippen LogP contribution in [0.4, 0.5) is 4.39 Å². The molecule has 0 saturated heterocycles. The van der Waals surface area contributed by atoms with Crippen LogP contribution in [0.15, 0.2) is 46.9 Å². The van der Waals surface area contributed by atoms with Crippen LogP contribution in [0.25, 0.3) is 0 Å². The van der Waals surface area contributed by atoms with Gasteiger partial charge in [0.05, 0.1) is 10.4 Å². The molecule has 1 atom stereocenters. The third-order valence-electron chi connectivity index (χ3n) is 3.03. The lowest BCUT2D eigenvalue weighted by atomic mass is 9.92. The normalized spacial score (nSPS) is 12.2. The van der Waals surface area contributed by atoms with Crippen LogP contribution >= 0.6 is 27.5 Å². The highest BCUT2D eigenvalue weighted by Crippen LogP contribution is 2.31. The Labute approximate surface area is 129 Å². The zero-order valence-corrected chi connectivity index (χ0v) is 12.7. The van der Waals surface area contributed by atoms with Crippen molar-refractivity contribution in [3.63, 3.8) is 0 Å². The molecule has 2 aromatic rings. The monoisotopic (exact) mass is 356 g/mol. The Morgan fingerprint density at radius 2 is 1.95 bits per heavy atom. The molecule has 0 fully saturated rings. The van der Waals surface area contributed by atoms with Crippen molar-refractivity contribution in [3.05, 3.63) is 68.9 Å². The molecule has 0 spiro atoms. The molecule has 2 rings (SSSR count). The molecule has 0 saturated carbocycles. The van der Waals surface area contributed by atoms with Crippen LogP contribution in [0.5, 0.6) is 0 Å². The van der Waals surface area contributed by atoms with Crippen LogP contribution in [-0.2, 0) is 11.2 Å². The first-order valence-electron chi connectivity index (χ1n) is 5.91. The second-order valence-corrected chi connectivity index (χ2v) is 5.53. The van der Waals surface area contributed by atoms with Gasteiger partial charge in [0, 0.05) is 5.02 Å². The fourth-order valence-electron chi connectivity index (χ4n) is 2.01. The predicted molar refractivity (Wildman–Crippen MR) is 79.6 cm³/mol. The van der Waals surface area contributed by atoms with E-state index >= 15 is 0 Å². The van der Waals surface area contributed by atoms with Gasteiger partial charge in [0.2, 0.25) is 0 Å². The number of carbonyl (C=O) groups is 1. The van der Waals surface area contributed by atoms with Crippen molar-refractivity contribution in [3.8, 4) is 0 Å². The van der Waals surface area contributed by atoms with Crippen LogP contribution in [-0.4, -0.2) is 11.1 Å². The Morgan fingerprint density at radius 1 is 1.25 bits per heavy atom. The van der Waals surface area contributed by atoms with E-state index in [9.17, 15) is 14.3 Å². The summed E-state index contributed by atoms with van der Waals surface area (Å²) in [6.45, 7) is 0. The molecular weight excluding hydrogens is 347 g/mol. The Bertz CT molecular complexity index is 646. The average molecular weight is 358 g/mol. The molecule has 0 aliphatic carbocycles. The van der Waals surface area contributed by atoms with E-state index in [1.54, 1.807) is 36.4 Å². The summed E-state index contributed by atoms with van der Waals surface area (Å²) in [7, 11) is 0. The summed E-state index contributed by atoms with van der Waals surface area (Å²) in [6.07, 6.45) is 0.164. The molecule has 5 heteroatoms. The first kappa shape index (κ1) is 15.0. The third kappa shape index (κ3) is 3.19. The Balaban J connectivity index is 2.39. The number of benzene rings is 2. The van der Waals surface area contributed by atoms with Crippen molar-refractivity contribution in [2.75, 3.05) is 0 Å². The molecule has 0 heterocycles. The van der Waals surface area contributed by atoms with E-state index < -0.39 is 17.7 Å². The number of halogens is 3. The number of carboxylic acid groups (broad SMARTS) is 1. The minimum Gasteiger partial charge on any atom is -0.481 e. The van der Waals surface area contributed by atoms with Gasteiger partial charge in [-0.3, -0.25) is 4.79 Å². The second-order valence-electron chi connectivity index (χ2n) is 4.33. The molecule has 104 valence electrons. The highest BCUT2D eigenvalue weighted by molar-refractivity contribution is 9.10. The largest absolute Gasteiger partial charge is 0.481 e. The minimum atomic E-state index is -0.991. The van der Waals surface area contributed by atoms with E-state index in [1.807, 2.05) is 0 Å². The number of aliphatic carboxylic acids is 1. The standard InChI is InChI=1S/C15H11BrClFO2/c16-14-9(4-3-7-13(14)18)8-11(15(19)20)10-5-1-2-6-12(10)17/h1-7,11H,8H2,(H,19,20). The van der Waals surface area contributed by atoms with E-state index in [4.69, 9.17) is 11.6 Å². The molecule has 20 heavy (non-hydrogen) atoms. The Morgan fingerprint density at radius 3 is 2.60 bits per heavy atom.